The second-order valence-corrected chi connectivity index (χ2v) is 3.20. The van der Waals surface area contributed by atoms with Gasteiger partial charge < -0.3 is 5.32 Å². The smallest absolute Gasteiger partial charge is 0.0602 e. The van der Waals surface area contributed by atoms with Gasteiger partial charge in [-0.1, -0.05) is 18.2 Å². The molecule has 1 N–H and O–H groups in total. The molecule has 2 rings (SSSR count). The van der Waals surface area contributed by atoms with E-state index in [1.54, 1.807) is 0 Å². The first-order valence-electron chi connectivity index (χ1n) is 4.21. The van der Waals surface area contributed by atoms with Crippen molar-refractivity contribution in [2.45, 2.75) is 6.54 Å². The molecule has 1 aromatic carbocycles. The van der Waals surface area contributed by atoms with E-state index in [1.807, 2.05) is 0 Å². The first kappa shape index (κ1) is 7.62. The minimum atomic E-state index is 0.995. The van der Waals surface area contributed by atoms with Gasteiger partial charge in [0, 0.05) is 18.8 Å². The van der Waals surface area contributed by atoms with Gasteiger partial charge in [0.2, 0.25) is 0 Å². The summed E-state index contributed by atoms with van der Waals surface area (Å²) in [6.07, 6.45) is 0. The number of fused-ring (bicyclic) bond motifs is 1. The molecule has 2 nitrogen and oxygen atoms in total. The Kier molecular flexibility index (Phi) is 2.00. The molecule has 0 atom stereocenters. The molecule has 1 aliphatic rings. The van der Waals surface area contributed by atoms with E-state index in [1.165, 1.54) is 11.3 Å². The Hall–Kier alpha value is -1.02. The molecule has 0 saturated carbocycles. The van der Waals surface area contributed by atoms with E-state index < -0.39 is 0 Å². The zero-order valence-corrected chi connectivity index (χ0v) is 7.25. The number of nitrogens with zero attached hydrogens (tertiary/aromatic N) is 1. The Morgan fingerprint density at radius 2 is 2.17 bits per heavy atom. The van der Waals surface area contributed by atoms with Gasteiger partial charge in [0.05, 0.1) is 6.54 Å². The van der Waals surface area contributed by atoms with Crippen LogP contribution in [0, 0.1) is 6.54 Å². The van der Waals surface area contributed by atoms with Gasteiger partial charge in [-0.05, 0) is 18.7 Å². The molecule has 12 heavy (non-hydrogen) atoms. The number of hydrogen-bond acceptors (Lipinski definition) is 2. The summed E-state index contributed by atoms with van der Waals surface area (Å²) in [5.41, 5.74) is 2.61. The van der Waals surface area contributed by atoms with Crippen molar-refractivity contribution in [1.82, 2.24) is 4.90 Å². The molecule has 1 radical (unpaired) electrons. The van der Waals surface area contributed by atoms with E-state index in [9.17, 15) is 0 Å². The molecule has 0 bridgehead atoms. The Morgan fingerprint density at radius 3 is 3.08 bits per heavy atom. The van der Waals surface area contributed by atoms with Crippen LogP contribution in [0.5, 0.6) is 0 Å². The molecule has 0 unspecified atom stereocenters. The Labute approximate surface area is 73.2 Å². The molecule has 1 aliphatic heterocycles. The number of rotatable bonds is 0. The number of hydrogen-bond donors (Lipinski definition) is 1. The summed E-state index contributed by atoms with van der Waals surface area (Å²) in [5, 5.41) is 3.29. The van der Waals surface area contributed by atoms with Crippen molar-refractivity contribution in [2.24, 2.45) is 0 Å². The molecule has 2 heteroatoms. The summed E-state index contributed by atoms with van der Waals surface area (Å²) in [6, 6.07) is 8.42. The van der Waals surface area contributed by atoms with E-state index in [4.69, 9.17) is 0 Å². The molecular weight excluding hydrogens is 148 g/mol. The zero-order chi connectivity index (χ0) is 8.39. The van der Waals surface area contributed by atoms with Crippen LogP contribution < -0.4 is 5.32 Å². The van der Waals surface area contributed by atoms with E-state index >= 15 is 0 Å². The number of likely N-dealkylation sites (N-methyl/N-ethyl adjacent to an activating group) is 1. The third kappa shape index (κ3) is 1.43. The van der Waals surface area contributed by atoms with Crippen LogP contribution in [0.15, 0.2) is 24.3 Å². The van der Waals surface area contributed by atoms with Gasteiger partial charge >= 0.3 is 0 Å². The first-order valence-corrected chi connectivity index (χ1v) is 4.21. The minimum absolute atomic E-state index is 0.995. The number of benzene rings is 1. The molecule has 0 aromatic heterocycles. The lowest BCUT2D eigenvalue weighted by molar-refractivity contribution is 0.359. The van der Waals surface area contributed by atoms with Crippen molar-refractivity contribution in [3.63, 3.8) is 0 Å². The summed E-state index contributed by atoms with van der Waals surface area (Å²) in [5.74, 6) is 0. The van der Waals surface area contributed by atoms with E-state index in [-0.39, 0.29) is 0 Å². The van der Waals surface area contributed by atoms with Crippen LogP contribution in [0.1, 0.15) is 5.56 Å². The van der Waals surface area contributed by atoms with Crippen LogP contribution in [0.25, 0.3) is 0 Å². The lowest BCUT2D eigenvalue weighted by atomic mass is 10.2. The molecule has 0 spiro atoms. The predicted octanol–water partition coefficient (Wildman–Crippen LogP) is 1.71. The Morgan fingerprint density at radius 1 is 1.33 bits per heavy atom. The monoisotopic (exact) mass is 161 g/mol. The molecule has 0 aliphatic carbocycles. The largest absolute Gasteiger partial charge is 0.379 e. The SMILES string of the molecule is CN1C[CH]Nc2ccccc2C1. The molecule has 0 saturated heterocycles. The second-order valence-electron chi connectivity index (χ2n) is 3.20. The fourth-order valence-corrected chi connectivity index (χ4v) is 1.47. The van der Waals surface area contributed by atoms with Crippen molar-refractivity contribution in [1.29, 1.82) is 0 Å². The quantitative estimate of drug-likeness (QED) is 0.623. The average molecular weight is 161 g/mol. The van der Waals surface area contributed by atoms with Crippen LogP contribution in [0.2, 0.25) is 0 Å². The van der Waals surface area contributed by atoms with Crippen molar-refractivity contribution >= 4 is 5.69 Å². The van der Waals surface area contributed by atoms with Crippen molar-refractivity contribution < 1.29 is 0 Å². The molecule has 1 aromatic rings. The summed E-state index contributed by atoms with van der Waals surface area (Å²) in [7, 11) is 2.13. The van der Waals surface area contributed by atoms with E-state index in [0.717, 1.165) is 13.1 Å². The lowest BCUT2D eigenvalue weighted by Gasteiger charge is -2.11. The molecule has 63 valence electrons. The van der Waals surface area contributed by atoms with E-state index in [0.29, 0.717) is 0 Å². The second kappa shape index (κ2) is 3.15. The highest BCUT2D eigenvalue weighted by Gasteiger charge is 2.08. The van der Waals surface area contributed by atoms with Gasteiger partial charge in [0.15, 0.2) is 0 Å². The lowest BCUT2D eigenvalue weighted by Crippen LogP contribution is -2.17. The fourth-order valence-electron chi connectivity index (χ4n) is 1.47. The fraction of sp³-hybridized carbons (Fsp3) is 0.300. The highest BCUT2D eigenvalue weighted by molar-refractivity contribution is 5.52. The molecular formula is C10H13N2. The predicted molar refractivity (Wildman–Crippen MR) is 50.7 cm³/mol. The van der Waals surface area contributed by atoms with Crippen LogP contribution in [0.3, 0.4) is 0 Å². The standard InChI is InChI=1S/C10H13N2/c1-12-7-6-11-10-5-3-2-4-9(10)8-12/h2-6,11H,7-8H2,1H3. The first-order chi connectivity index (χ1) is 5.86. The molecule has 0 amide bonds. The van der Waals surface area contributed by atoms with Crippen molar-refractivity contribution in [3.8, 4) is 0 Å². The van der Waals surface area contributed by atoms with Crippen LogP contribution in [-0.4, -0.2) is 18.5 Å². The summed E-state index contributed by atoms with van der Waals surface area (Å²) in [4.78, 5) is 2.28. The van der Waals surface area contributed by atoms with Crippen molar-refractivity contribution in [2.75, 3.05) is 18.9 Å². The van der Waals surface area contributed by atoms with Crippen molar-refractivity contribution in [3.05, 3.63) is 36.4 Å². The summed E-state index contributed by atoms with van der Waals surface area (Å²) >= 11 is 0. The molecule has 1 heterocycles. The molecule has 0 fully saturated rings. The Bertz CT molecular complexity index is 270. The van der Waals surface area contributed by atoms with Crippen LogP contribution in [0.4, 0.5) is 5.69 Å². The van der Waals surface area contributed by atoms with Gasteiger partial charge in [-0.2, -0.15) is 0 Å². The number of nitrogens with one attached hydrogen (secondary N) is 1. The van der Waals surface area contributed by atoms with Gasteiger partial charge in [0.25, 0.3) is 0 Å². The van der Waals surface area contributed by atoms with Crippen LogP contribution in [-0.2, 0) is 6.54 Å². The van der Waals surface area contributed by atoms with E-state index in [2.05, 4.69) is 48.1 Å². The highest BCUT2D eigenvalue weighted by atomic mass is 15.1. The normalized spacial score (nSPS) is 17.8. The Balaban J connectivity index is 2.31. The topological polar surface area (TPSA) is 15.3 Å². The average Bonchev–Trinajstić information content (AvgIpc) is 2.25. The summed E-state index contributed by atoms with van der Waals surface area (Å²) < 4.78 is 0. The number of para-hydroxylation sites is 1. The van der Waals surface area contributed by atoms with Gasteiger partial charge in [-0.25, -0.2) is 0 Å². The zero-order valence-electron chi connectivity index (χ0n) is 7.25. The summed E-state index contributed by atoms with van der Waals surface area (Å²) in [6.45, 7) is 4.11. The maximum atomic E-state index is 3.29. The maximum Gasteiger partial charge on any atom is 0.0602 e. The van der Waals surface area contributed by atoms with Gasteiger partial charge in [-0.3, -0.25) is 4.90 Å². The van der Waals surface area contributed by atoms with Gasteiger partial charge in [0.1, 0.15) is 0 Å². The van der Waals surface area contributed by atoms with Gasteiger partial charge in [-0.15, -0.1) is 0 Å². The highest BCUT2D eigenvalue weighted by Crippen LogP contribution is 2.19. The maximum absolute atomic E-state index is 3.29. The number of anilines is 1. The third-order valence-electron chi connectivity index (χ3n) is 2.12. The van der Waals surface area contributed by atoms with Crippen LogP contribution >= 0.6 is 0 Å². The minimum Gasteiger partial charge on any atom is -0.379 e. The third-order valence-corrected chi connectivity index (χ3v) is 2.12.